The zero-order valence-corrected chi connectivity index (χ0v) is 83.2. The Morgan fingerprint density at radius 2 is 0.664 bits per heavy atom. The Hall–Kier alpha value is -18.9. The molecular weight excluding hydrogens is 1980 g/mol. The van der Waals surface area contributed by atoms with Crippen LogP contribution >= 0.6 is 31.9 Å². The number of aromatic hydroxyl groups is 2. The maximum atomic E-state index is 11.8. The van der Waals surface area contributed by atoms with Gasteiger partial charge in [-0.15, -0.1) is 0 Å². The van der Waals surface area contributed by atoms with E-state index in [1.165, 1.54) is 73.4 Å². The lowest BCUT2D eigenvalue weighted by molar-refractivity contribution is 0.0953. The minimum Gasteiger partial charge on any atom is -0.508 e. The molecule has 17 N–H and O–H groups in total. The van der Waals surface area contributed by atoms with E-state index in [-0.39, 0.29) is 17.4 Å². The number of phenolic OH excluding ortho intramolecular Hbond substituents is 2. The van der Waals surface area contributed by atoms with E-state index in [1.54, 1.807) is 36.4 Å². The van der Waals surface area contributed by atoms with Crippen LogP contribution in [-0.4, -0.2) is 104 Å². The number of piperidine rings is 1. The summed E-state index contributed by atoms with van der Waals surface area (Å²) in [7, 11) is 0. The molecule has 0 saturated carbocycles. The number of hydrazine groups is 1. The molecule has 0 spiro atoms. The number of fused-ring (bicyclic) bond motifs is 19. The van der Waals surface area contributed by atoms with Crippen molar-refractivity contribution >= 4 is 180 Å². The first-order chi connectivity index (χ1) is 73.3. The number of hydrogen-bond acceptors (Lipinski definition) is 11. The number of aromatic amines is 10. The number of carbonyl (C=O) groups is 1. The van der Waals surface area contributed by atoms with Gasteiger partial charge in [-0.3, -0.25) is 10.2 Å². The first-order valence-electron chi connectivity index (χ1n) is 49.3. The van der Waals surface area contributed by atoms with E-state index in [9.17, 15) is 15.0 Å². The van der Waals surface area contributed by atoms with E-state index in [1.807, 2.05) is 146 Å². The molecule has 11 heterocycles. The highest BCUT2D eigenvalue weighted by atomic mass is 79.9. The quantitative estimate of drug-likeness (QED) is 0.0169. The highest BCUT2D eigenvalue weighted by Gasteiger charge is 2.26. The number of H-pyrrole nitrogens is 10. The van der Waals surface area contributed by atoms with Crippen LogP contribution in [0.2, 0.25) is 0 Å². The molecule has 1 aliphatic heterocycles. The minimum absolute atomic E-state index is 0.206. The maximum Gasteiger partial charge on any atom is 0.265 e. The number of amides is 1. The van der Waals surface area contributed by atoms with Gasteiger partial charge < -0.3 is 70.7 Å². The van der Waals surface area contributed by atoms with Gasteiger partial charge in [-0.2, -0.15) is 0 Å². The van der Waals surface area contributed by atoms with Crippen LogP contribution in [-0.2, 0) is 0 Å². The van der Waals surface area contributed by atoms with Crippen molar-refractivity contribution in [2.75, 3.05) is 23.7 Å². The second-order valence-corrected chi connectivity index (χ2v) is 39.0. The Bertz CT molecular complexity index is 9770. The number of aromatic nitrogens is 15. The highest BCUT2D eigenvalue weighted by molar-refractivity contribution is 9.10. The molecule has 10 aromatic heterocycles. The van der Waals surface area contributed by atoms with Crippen LogP contribution < -0.4 is 21.9 Å². The Balaban J connectivity index is 0.0000000967. The number of nitrogen functional groups attached to an aromatic ring is 2. The van der Waals surface area contributed by atoms with E-state index in [4.69, 9.17) is 36.5 Å². The van der Waals surface area contributed by atoms with Crippen LogP contribution in [0.3, 0.4) is 0 Å². The molecule has 1 saturated heterocycles. The van der Waals surface area contributed by atoms with E-state index in [0.717, 1.165) is 234 Å². The van der Waals surface area contributed by atoms with Crippen LogP contribution in [0.25, 0.3) is 255 Å². The number of hydrogen-bond donors (Lipinski definition) is 15. The third kappa shape index (κ3) is 17.4. The molecule has 0 radical (unpaired) electrons. The summed E-state index contributed by atoms with van der Waals surface area (Å²) in [5.41, 5.74) is 36.8. The molecule has 1 amide bonds. The lowest BCUT2D eigenvalue weighted by Crippen LogP contribution is -2.29. The Morgan fingerprint density at radius 3 is 1.16 bits per heavy atom. The number of phenols is 2. The zero-order valence-electron chi connectivity index (χ0n) is 80.0. The van der Waals surface area contributed by atoms with Gasteiger partial charge in [0.1, 0.15) is 40.6 Å². The van der Waals surface area contributed by atoms with Gasteiger partial charge in [0.15, 0.2) is 0 Å². The van der Waals surface area contributed by atoms with Crippen molar-refractivity contribution in [1.82, 2.24) is 80.2 Å². The molecule has 0 unspecified atom stereocenters. The maximum absolute atomic E-state index is 11.8. The number of benzene rings is 18. The minimum atomic E-state index is -0.324. The number of carbonyl (C=O) groups excluding carboxylic acids is 1. The van der Waals surface area contributed by atoms with E-state index in [0.29, 0.717) is 5.56 Å². The molecule has 28 aromatic rings. The molecule has 22 nitrogen and oxygen atoms in total. The first-order valence-corrected chi connectivity index (χ1v) is 50.9. The summed E-state index contributed by atoms with van der Waals surface area (Å²) in [6.45, 7) is 2.31. The number of imidazole rings is 5. The van der Waals surface area contributed by atoms with Gasteiger partial charge in [0.25, 0.3) is 5.91 Å². The molecule has 1 fully saturated rings. The summed E-state index contributed by atoms with van der Waals surface area (Å²) >= 11 is 7.14. The lowest BCUT2D eigenvalue weighted by atomic mass is 9.95. The van der Waals surface area contributed by atoms with Crippen molar-refractivity contribution in [3.8, 4) is 136 Å². The second kappa shape index (κ2) is 39.0. The Kier molecular flexibility index (Phi) is 23.9. The van der Waals surface area contributed by atoms with Crippen molar-refractivity contribution < 1.29 is 15.0 Å². The van der Waals surface area contributed by atoms with Gasteiger partial charge in [0.05, 0.1) is 56.2 Å². The SMILES string of the molecule is Brc1ccc2[nH]cc(-c3nc4c5ccccc5c5ccc6ccccc6c5c4[nH]3)c2c1.NNC(=O)c1ccc2c(-c3nc4c5ccccc5c5ccccc5c4[nH]3)c[nH]c2c1.Nc1ccc(-c2[nH]c(-c3c[nH]c4ccccc34)nc2-c2ccccc2)cc1.Oc1ccc(-c2nc(-c3c[nH]c4ccc(Br)cc34)[nH]c2-c2ccc(O)cc2)cc1.c1ccc(-c2nc(-c3c[nH]c4ccccc34)[nH]c2-c2ccc(N3CCCCC3)cc2)cc1. The van der Waals surface area contributed by atoms with Crippen LogP contribution in [0.15, 0.2) is 410 Å². The fourth-order valence-electron chi connectivity index (χ4n) is 20.8. The molecule has 29 rings (SSSR count). The third-order valence-electron chi connectivity index (χ3n) is 28.1. The molecular formula is C125H93Br2N19O3. The van der Waals surface area contributed by atoms with Crippen molar-refractivity contribution in [2.45, 2.75) is 19.3 Å². The van der Waals surface area contributed by atoms with Gasteiger partial charge in [-0.05, 0) is 185 Å². The summed E-state index contributed by atoms with van der Waals surface area (Å²) in [6.07, 6.45) is 13.9. The number of halogens is 2. The standard InChI is InChI=1S/C28H26N4.C27H16BrN3.C24H17N5O.C23H16BrN3O2.C23H18N4/c1-3-9-20(10-4-1)26-27(21-13-15-22(16-14-21)32-17-7-2-8-18-32)31-28(30-26)24-19-29-25-12-6-5-11-23(24)25;28-16-10-12-23-21(13-16)22(14-29-23)27-30-25-20-8-4-3-7-18(20)19-11-9-15-5-1-2-6-17(15)24(19)26(25)31-27;25-29-24(30)13-9-10-16-19(12-26-20(16)11-13)23-27-21-17-7-3-1-5-14(17)15-6-2-4-8-18(15)22(21)28-23;24-15-5-10-20-18(11-15)19(12-25-20)23-26-21(13-1-6-16(28)7-2-13)22(27-23)14-3-8-17(29)9-4-14;24-17-12-10-16(11-13-17)22-21(15-6-2-1-3-7-15)26-23(27-22)19-14-25-20-9-5-4-8-18(19)20/h1,3-6,9-16,19,29H,2,7-8,17-18H2,(H,30,31);1-14,29H,(H,30,31);1-12,26H,25H2,(H,27,28)(H,29,30);1-12,25,28-29H,(H,26,27);1-14,25H,24H2,(H,26,27). The van der Waals surface area contributed by atoms with Crippen molar-refractivity contribution in [1.29, 1.82) is 0 Å². The summed E-state index contributed by atoms with van der Waals surface area (Å²) < 4.78 is 2.05. The fraction of sp³-hybridized carbons (Fsp3) is 0.0400. The summed E-state index contributed by atoms with van der Waals surface area (Å²) in [5, 5.41) is 36.8. The summed E-state index contributed by atoms with van der Waals surface area (Å²) in [6, 6.07) is 124. The van der Waals surface area contributed by atoms with Gasteiger partial charge in [0.2, 0.25) is 0 Å². The molecule has 0 aliphatic carbocycles. The van der Waals surface area contributed by atoms with Crippen LogP contribution in [0.1, 0.15) is 29.6 Å². The van der Waals surface area contributed by atoms with Gasteiger partial charge >= 0.3 is 0 Å². The molecule has 24 heteroatoms. The smallest absolute Gasteiger partial charge is 0.265 e. The number of para-hydroxylation sites is 2. The van der Waals surface area contributed by atoms with Crippen LogP contribution in [0, 0.1) is 0 Å². The van der Waals surface area contributed by atoms with Crippen LogP contribution in [0.5, 0.6) is 11.5 Å². The summed E-state index contributed by atoms with van der Waals surface area (Å²) in [4.78, 5) is 73.9. The molecule has 1 aliphatic rings. The van der Waals surface area contributed by atoms with Crippen molar-refractivity contribution in [3.63, 3.8) is 0 Å². The zero-order chi connectivity index (χ0) is 100. The van der Waals surface area contributed by atoms with Gasteiger partial charge in [-0.1, -0.05) is 268 Å². The molecule has 0 bridgehead atoms. The van der Waals surface area contributed by atoms with E-state index >= 15 is 0 Å². The third-order valence-corrected chi connectivity index (χ3v) is 29.1. The predicted octanol–water partition coefficient (Wildman–Crippen LogP) is 31.0. The normalized spacial score (nSPS) is 12.1. The molecule has 149 heavy (non-hydrogen) atoms. The average Bonchev–Trinajstić information content (AvgIpc) is 1.60. The van der Waals surface area contributed by atoms with E-state index in [2.05, 4.69) is 310 Å². The van der Waals surface area contributed by atoms with Gasteiger partial charge in [0, 0.05) is 207 Å². The monoisotopic (exact) mass is 2070 g/mol. The number of nitrogens with one attached hydrogen (secondary N) is 11. The first kappa shape index (κ1) is 91.3. The van der Waals surface area contributed by atoms with Crippen molar-refractivity contribution in [2.24, 2.45) is 5.84 Å². The van der Waals surface area contributed by atoms with Crippen LogP contribution in [0.4, 0.5) is 11.4 Å². The number of rotatable bonds is 13. The Labute approximate surface area is 868 Å². The largest absolute Gasteiger partial charge is 0.508 e. The second-order valence-electron chi connectivity index (χ2n) is 37.2. The topological polar surface area (TPSA) is 347 Å². The molecule has 18 aromatic carbocycles. The van der Waals surface area contributed by atoms with E-state index < -0.39 is 0 Å². The Morgan fingerprint density at radius 1 is 0.302 bits per heavy atom. The predicted molar refractivity (Wildman–Crippen MR) is 615 cm³/mol. The fourth-order valence-corrected chi connectivity index (χ4v) is 21.5. The molecule has 720 valence electrons. The summed E-state index contributed by atoms with van der Waals surface area (Å²) in [5.74, 6) is 9.48. The number of anilines is 2. The number of nitrogens with zero attached hydrogens (tertiary/aromatic N) is 6. The van der Waals surface area contributed by atoms with Crippen molar-refractivity contribution in [3.05, 3.63) is 416 Å². The lowest BCUT2D eigenvalue weighted by Gasteiger charge is -2.28. The average molecular weight is 2070 g/mol. The van der Waals surface area contributed by atoms with Gasteiger partial charge in [-0.25, -0.2) is 30.8 Å². The number of nitrogens with two attached hydrogens (primary N) is 2. The highest BCUT2D eigenvalue weighted by Crippen LogP contribution is 2.46. The molecule has 0 atom stereocenters.